The second-order valence-corrected chi connectivity index (χ2v) is 7.86. The predicted octanol–water partition coefficient (Wildman–Crippen LogP) is 1.55. The highest BCUT2D eigenvalue weighted by atomic mass is 35.5. The van der Waals surface area contributed by atoms with Crippen LogP contribution in [0.2, 0.25) is 0 Å². The van der Waals surface area contributed by atoms with E-state index in [0.29, 0.717) is 25.4 Å². The van der Waals surface area contributed by atoms with E-state index in [4.69, 9.17) is 10.5 Å². The zero-order chi connectivity index (χ0) is 18.7. The lowest BCUT2D eigenvalue weighted by Crippen LogP contribution is -2.48. The third kappa shape index (κ3) is 4.24. The van der Waals surface area contributed by atoms with Gasteiger partial charge in [0.25, 0.3) is 0 Å². The molecule has 0 radical (unpaired) electrons. The first-order valence-electron chi connectivity index (χ1n) is 8.20. The topological polar surface area (TPSA) is 102 Å². The summed E-state index contributed by atoms with van der Waals surface area (Å²) >= 11 is 0. The number of halogens is 1. The molecule has 0 spiro atoms. The van der Waals surface area contributed by atoms with Crippen LogP contribution in [0.1, 0.15) is 22.0 Å². The molecule has 0 saturated carbocycles. The molecule has 1 aliphatic heterocycles. The number of carbonyl (C=O) groups excluding carboxylic acids is 1. The lowest BCUT2D eigenvalue weighted by molar-refractivity contribution is 0.1000. The molecule has 1 saturated heterocycles. The molecular formula is C18H22ClN3O4S. The molecule has 1 unspecified atom stereocenters. The van der Waals surface area contributed by atoms with Crippen LogP contribution in [0, 0.1) is 0 Å². The summed E-state index contributed by atoms with van der Waals surface area (Å²) in [6.07, 6.45) is 0. The van der Waals surface area contributed by atoms with Crippen molar-refractivity contribution in [3.63, 3.8) is 0 Å². The van der Waals surface area contributed by atoms with Gasteiger partial charge in [0, 0.05) is 30.8 Å². The van der Waals surface area contributed by atoms with Gasteiger partial charge in [0.2, 0.25) is 15.9 Å². The van der Waals surface area contributed by atoms with E-state index < -0.39 is 22.0 Å². The lowest BCUT2D eigenvalue weighted by atomic mass is 10.0. The number of benzene rings is 2. The number of nitrogens with zero attached hydrogens (tertiary/aromatic N) is 1. The van der Waals surface area contributed by atoms with E-state index in [9.17, 15) is 13.2 Å². The summed E-state index contributed by atoms with van der Waals surface area (Å²) in [6, 6.07) is 12.8. The van der Waals surface area contributed by atoms with Gasteiger partial charge in [-0.25, -0.2) is 8.42 Å². The van der Waals surface area contributed by atoms with E-state index in [1.54, 1.807) is 7.11 Å². The number of rotatable bonds is 5. The number of ether oxygens (including phenoxy) is 1. The molecule has 2 aromatic rings. The largest absolute Gasteiger partial charge is 0.496 e. The number of primary amides is 1. The average Bonchev–Trinajstić information content (AvgIpc) is 2.68. The highest BCUT2D eigenvalue weighted by Crippen LogP contribution is 2.34. The van der Waals surface area contributed by atoms with Gasteiger partial charge < -0.3 is 15.8 Å². The van der Waals surface area contributed by atoms with Crippen LogP contribution in [-0.2, 0) is 10.0 Å². The minimum Gasteiger partial charge on any atom is -0.496 e. The van der Waals surface area contributed by atoms with Crippen molar-refractivity contribution in [3.05, 3.63) is 59.7 Å². The predicted molar refractivity (Wildman–Crippen MR) is 105 cm³/mol. The first kappa shape index (κ1) is 21.2. The Morgan fingerprint density at radius 1 is 1.22 bits per heavy atom. The number of hydrogen-bond acceptors (Lipinski definition) is 5. The summed E-state index contributed by atoms with van der Waals surface area (Å²) in [4.78, 5) is 11.5. The third-order valence-electron chi connectivity index (χ3n) is 4.42. The van der Waals surface area contributed by atoms with Crippen LogP contribution in [0.3, 0.4) is 0 Å². The molecule has 2 aromatic carbocycles. The molecule has 1 fully saturated rings. The van der Waals surface area contributed by atoms with E-state index in [-0.39, 0.29) is 22.9 Å². The highest BCUT2D eigenvalue weighted by Gasteiger charge is 2.35. The fraction of sp³-hybridized carbons (Fsp3) is 0.278. The monoisotopic (exact) mass is 411 g/mol. The van der Waals surface area contributed by atoms with Crippen LogP contribution < -0.4 is 15.8 Å². The number of sulfonamides is 1. The second-order valence-electron chi connectivity index (χ2n) is 5.97. The molecule has 3 rings (SSSR count). The van der Waals surface area contributed by atoms with Gasteiger partial charge in [-0.3, -0.25) is 4.79 Å². The number of nitrogens with one attached hydrogen (secondary N) is 1. The van der Waals surface area contributed by atoms with Crippen molar-refractivity contribution >= 4 is 28.3 Å². The number of nitrogens with two attached hydrogens (primary N) is 1. The number of carbonyl (C=O) groups is 1. The second kappa shape index (κ2) is 8.71. The maximum absolute atomic E-state index is 13.3. The van der Waals surface area contributed by atoms with Gasteiger partial charge in [-0.15, -0.1) is 12.4 Å². The molecule has 0 bridgehead atoms. The smallest absolute Gasteiger partial charge is 0.248 e. The van der Waals surface area contributed by atoms with Crippen LogP contribution in [0.15, 0.2) is 53.4 Å². The number of para-hydroxylation sites is 1. The van der Waals surface area contributed by atoms with Gasteiger partial charge in [-0.2, -0.15) is 4.31 Å². The van der Waals surface area contributed by atoms with Crippen molar-refractivity contribution in [1.82, 2.24) is 9.62 Å². The highest BCUT2D eigenvalue weighted by molar-refractivity contribution is 7.89. The zero-order valence-corrected chi connectivity index (χ0v) is 16.4. The Kier molecular flexibility index (Phi) is 6.83. The Bertz CT molecular complexity index is 920. The average molecular weight is 412 g/mol. The van der Waals surface area contributed by atoms with Crippen molar-refractivity contribution in [3.8, 4) is 5.75 Å². The Morgan fingerprint density at radius 3 is 2.67 bits per heavy atom. The summed E-state index contributed by atoms with van der Waals surface area (Å²) < 4.78 is 33.4. The van der Waals surface area contributed by atoms with Gasteiger partial charge in [-0.05, 0) is 24.3 Å². The molecule has 1 atom stereocenters. The first-order valence-corrected chi connectivity index (χ1v) is 9.64. The van der Waals surface area contributed by atoms with Crippen molar-refractivity contribution in [2.45, 2.75) is 10.9 Å². The molecular weight excluding hydrogens is 390 g/mol. The number of piperazine rings is 1. The molecule has 0 aromatic heterocycles. The normalized spacial score (nSPS) is 17.7. The van der Waals surface area contributed by atoms with E-state index >= 15 is 0 Å². The van der Waals surface area contributed by atoms with Gasteiger partial charge in [0.05, 0.1) is 18.0 Å². The van der Waals surface area contributed by atoms with Crippen LogP contribution in [0.5, 0.6) is 5.75 Å². The third-order valence-corrected chi connectivity index (χ3v) is 6.32. The van der Waals surface area contributed by atoms with Crippen molar-refractivity contribution in [2.75, 3.05) is 26.7 Å². The summed E-state index contributed by atoms with van der Waals surface area (Å²) in [5, 5.41) is 3.23. The number of amides is 1. The van der Waals surface area contributed by atoms with Gasteiger partial charge in [-0.1, -0.05) is 24.3 Å². The summed E-state index contributed by atoms with van der Waals surface area (Å²) in [5.74, 6) is -0.0315. The molecule has 7 nitrogen and oxygen atoms in total. The summed E-state index contributed by atoms with van der Waals surface area (Å²) in [7, 11) is -2.25. The van der Waals surface area contributed by atoms with Crippen molar-refractivity contribution in [2.24, 2.45) is 5.73 Å². The fourth-order valence-electron chi connectivity index (χ4n) is 3.13. The standard InChI is InChI=1S/C18H21N3O4S.ClH/c1-25-17-8-3-2-7-15(17)16-12-20-9-10-21(16)26(23,24)14-6-4-5-13(11-14)18(19)22;/h2-8,11,16,20H,9-10,12H2,1H3,(H2,19,22);1H. The molecule has 27 heavy (non-hydrogen) atoms. The van der Waals surface area contributed by atoms with Crippen LogP contribution in [0.4, 0.5) is 0 Å². The van der Waals surface area contributed by atoms with Crippen LogP contribution in [-0.4, -0.2) is 45.4 Å². The first-order chi connectivity index (χ1) is 12.4. The molecule has 1 heterocycles. The lowest BCUT2D eigenvalue weighted by Gasteiger charge is -2.36. The van der Waals surface area contributed by atoms with E-state index in [0.717, 1.165) is 5.56 Å². The minimum absolute atomic E-state index is 0. The molecule has 1 aliphatic rings. The number of methoxy groups -OCH3 is 1. The summed E-state index contributed by atoms with van der Waals surface area (Å²) in [6.45, 7) is 1.32. The summed E-state index contributed by atoms with van der Waals surface area (Å²) in [5.41, 5.74) is 6.24. The zero-order valence-electron chi connectivity index (χ0n) is 14.8. The number of hydrogen-bond donors (Lipinski definition) is 2. The maximum Gasteiger partial charge on any atom is 0.248 e. The van der Waals surface area contributed by atoms with Crippen LogP contribution in [0.25, 0.3) is 0 Å². The van der Waals surface area contributed by atoms with E-state index in [1.165, 1.54) is 28.6 Å². The molecule has 0 aliphatic carbocycles. The quantitative estimate of drug-likeness (QED) is 0.777. The van der Waals surface area contributed by atoms with Crippen LogP contribution >= 0.6 is 12.4 Å². The molecule has 1 amide bonds. The Hall–Kier alpha value is -2.13. The molecule has 146 valence electrons. The molecule has 3 N–H and O–H groups in total. The fourth-order valence-corrected chi connectivity index (χ4v) is 4.78. The van der Waals surface area contributed by atoms with Gasteiger partial charge in [0.1, 0.15) is 5.75 Å². The SMILES string of the molecule is COc1ccccc1C1CNCCN1S(=O)(=O)c1cccc(C(N)=O)c1.Cl. The Morgan fingerprint density at radius 2 is 1.96 bits per heavy atom. The van der Waals surface area contributed by atoms with Gasteiger partial charge in [0.15, 0.2) is 0 Å². The van der Waals surface area contributed by atoms with E-state index in [2.05, 4.69) is 5.32 Å². The maximum atomic E-state index is 13.3. The minimum atomic E-state index is -3.81. The van der Waals surface area contributed by atoms with Crippen molar-refractivity contribution in [1.29, 1.82) is 0 Å². The van der Waals surface area contributed by atoms with Crippen molar-refractivity contribution < 1.29 is 17.9 Å². The van der Waals surface area contributed by atoms with Gasteiger partial charge >= 0.3 is 0 Å². The Labute approximate surface area is 165 Å². The Balaban J connectivity index is 0.00000261. The van der Waals surface area contributed by atoms with E-state index in [1.807, 2.05) is 24.3 Å². The molecule has 9 heteroatoms.